The summed E-state index contributed by atoms with van der Waals surface area (Å²) in [5.41, 5.74) is 2.07. The van der Waals surface area contributed by atoms with Crippen molar-refractivity contribution in [3.8, 4) is 0 Å². The van der Waals surface area contributed by atoms with E-state index in [0.29, 0.717) is 0 Å². The molecule has 0 saturated carbocycles. The smallest absolute Gasteiger partial charge is 0.0717 e. The van der Waals surface area contributed by atoms with Crippen LogP contribution in [0, 0.1) is 6.92 Å². The molecule has 0 heterocycles. The summed E-state index contributed by atoms with van der Waals surface area (Å²) in [7, 11) is 0. The fraction of sp³-hybridized carbons (Fsp3) is 0.222. The molecule has 3 heteroatoms. The van der Waals surface area contributed by atoms with Crippen LogP contribution in [0.2, 0.25) is 0 Å². The average molecular weight is 228 g/mol. The van der Waals surface area contributed by atoms with E-state index in [1.165, 1.54) is 0 Å². The molecule has 1 rings (SSSR count). The fourth-order valence-corrected chi connectivity index (χ4v) is 1.39. The van der Waals surface area contributed by atoms with Gasteiger partial charge in [0.25, 0.3) is 0 Å². The number of carbonyl (C=O) groups excluding carboxylic acids is 1. The number of carboxylic acid groups (broad SMARTS) is 1. The van der Waals surface area contributed by atoms with Gasteiger partial charge in [0, 0.05) is 10.9 Å². The van der Waals surface area contributed by atoms with E-state index in [2.05, 4.69) is 15.9 Å². The molecule has 1 aromatic rings. The van der Waals surface area contributed by atoms with Crippen molar-refractivity contribution in [2.45, 2.75) is 12.3 Å². The summed E-state index contributed by atoms with van der Waals surface area (Å²) in [6.45, 7) is 1.76. The predicted octanol–water partition coefficient (Wildman–Crippen LogP) is 1.25. The Morgan fingerprint density at radius 3 is 2.67 bits per heavy atom. The van der Waals surface area contributed by atoms with Gasteiger partial charge in [0.1, 0.15) is 0 Å². The van der Waals surface area contributed by atoms with Crippen molar-refractivity contribution >= 4 is 21.9 Å². The third kappa shape index (κ3) is 1.85. The second kappa shape index (κ2) is 3.72. The second-order valence-electron chi connectivity index (χ2n) is 2.57. The standard InChI is InChI=1S/C9H9BrO2/c1-6-4-7(5-10)2-3-8(6)9(11)12/h2-4H,5H2,1H3,(H,11,12)/p-1. The molecule has 0 aliphatic rings. The zero-order valence-electron chi connectivity index (χ0n) is 6.63. The van der Waals surface area contributed by atoms with Crippen molar-refractivity contribution in [3.63, 3.8) is 0 Å². The van der Waals surface area contributed by atoms with Gasteiger partial charge in [0.2, 0.25) is 0 Å². The molecule has 1 aromatic carbocycles. The molecule has 0 atom stereocenters. The van der Waals surface area contributed by atoms with Gasteiger partial charge in [-0.1, -0.05) is 34.1 Å². The lowest BCUT2D eigenvalue weighted by Gasteiger charge is -2.07. The van der Waals surface area contributed by atoms with Gasteiger partial charge >= 0.3 is 0 Å². The maximum absolute atomic E-state index is 10.5. The predicted molar refractivity (Wildman–Crippen MR) is 48.1 cm³/mol. The number of halogens is 1. The zero-order valence-corrected chi connectivity index (χ0v) is 8.22. The zero-order chi connectivity index (χ0) is 9.14. The monoisotopic (exact) mass is 227 g/mol. The molecule has 0 spiro atoms. The summed E-state index contributed by atoms with van der Waals surface area (Å²) in [5.74, 6) is -1.12. The lowest BCUT2D eigenvalue weighted by atomic mass is 10.1. The van der Waals surface area contributed by atoms with Gasteiger partial charge in [-0.05, 0) is 18.1 Å². The topological polar surface area (TPSA) is 40.1 Å². The Hall–Kier alpha value is -0.830. The summed E-state index contributed by atoms with van der Waals surface area (Å²) in [5, 5.41) is 11.2. The fourth-order valence-electron chi connectivity index (χ4n) is 1.04. The van der Waals surface area contributed by atoms with Crippen molar-refractivity contribution in [2.75, 3.05) is 0 Å². The summed E-state index contributed by atoms with van der Waals surface area (Å²) in [4.78, 5) is 10.5. The van der Waals surface area contributed by atoms with Gasteiger partial charge in [0.05, 0.1) is 5.97 Å². The van der Waals surface area contributed by atoms with Crippen molar-refractivity contribution in [1.29, 1.82) is 0 Å². The van der Waals surface area contributed by atoms with Crippen molar-refractivity contribution in [1.82, 2.24) is 0 Å². The Morgan fingerprint density at radius 1 is 1.58 bits per heavy atom. The largest absolute Gasteiger partial charge is 0.545 e. The van der Waals surface area contributed by atoms with Crippen LogP contribution in [0.25, 0.3) is 0 Å². The van der Waals surface area contributed by atoms with Crippen molar-refractivity contribution in [2.24, 2.45) is 0 Å². The van der Waals surface area contributed by atoms with Gasteiger partial charge in [-0.2, -0.15) is 0 Å². The molecule has 0 aromatic heterocycles. The Bertz CT molecular complexity index is 307. The molecule has 0 aliphatic heterocycles. The number of benzene rings is 1. The van der Waals surface area contributed by atoms with Crippen LogP contribution in [0.1, 0.15) is 21.5 Å². The molecule has 64 valence electrons. The molecule has 2 nitrogen and oxygen atoms in total. The van der Waals surface area contributed by atoms with E-state index in [1.54, 1.807) is 19.1 Å². The Kier molecular flexibility index (Phi) is 2.87. The number of carbonyl (C=O) groups is 1. The molecule has 0 radical (unpaired) electrons. The van der Waals surface area contributed by atoms with E-state index in [9.17, 15) is 9.90 Å². The van der Waals surface area contributed by atoms with E-state index in [0.717, 1.165) is 16.5 Å². The molecular formula is C9H8BrO2-. The van der Waals surface area contributed by atoms with Crippen LogP contribution >= 0.6 is 15.9 Å². The molecular weight excluding hydrogens is 220 g/mol. The molecule has 0 N–H and O–H groups in total. The van der Waals surface area contributed by atoms with E-state index < -0.39 is 5.97 Å². The Morgan fingerprint density at radius 2 is 2.25 bits per heavy atom. The van der Waals surface area contributed by atoms with Gasteiger partial charge < -0.3 is 9.90 Å². The molecule has 0 fully saturated rings. The highest BCUT2D eigenvalue weighted by Crippen LogP contribution is 2.12. The summed E-state index contributed by atoms with van der Waals surface area (Å²) in [6, 6.07) is 5.17. The summed E-state index contributed by atoms with van der Waals surface area (Å²) >= 11 is 3.29. The van der Waals surface area contributed by atoms with E-state index in [-0.39, 0.29) is 5.56 Å². The molecule has 0 unspecified atom stereocenters. The quantitative estimate of drug-likeness (QED) is 0.714. The maximum atomic E-state index is 10.5. The number of hydrogen-bond donors (Lipinski definition) is 0. The van der Waals surface area contributed by atoms with Crippen LogP contribution in [-0.4, -0.2) is 5.97 Å². The molecule has 0 saturated heterocycles. The van der Waals surface area contributed by atoms with Crippen LogP contribution < -0.4 is 5.11 Å². The van der Waals surface area contributed by atoms with Crippen LogP contribution in [0.5, 0.6) is 0 Å². The number of alkyl halides is 1. The highest BCUT2D eigenvalue weighted by atomic mass is 79.9. The lowest BCUT2D eigenvalue weighted by molar-refractivity contribution is -0.255. The van der Waals surface area contributed by atoms with E-state index in [4.69, 9.17) is 0 Å². The molecule has 0 aliphatic carbocycles. The van der Waals surface area contributed by atoms with Crippen LogP contribution in [-0.2, 0) is 5.33 Å². The minimum atomic E-state index is -1.12. The van der Waals surface area contributed by atoms with Crippen LogP contribution in [0.4, 0.5) is 0 Å². The van der Waals surface area contributed by atoms with E-state index in [1.807, 2.05) is 6.07 Å². The maximum Gasteiger partial charge on any atom is 0.0717 e. The third-order valence-corrected chi connectivity index (χ3v) is 2.31. The molecule has 0 bridgehead atoms. The van der Waals surface area contributed by atoms with Crippen LogP contribution in [0.15, 0.2) is 18.2 Å². The average Bonchev–Trinajstić information content (AvgIpc) is 2.03. The van der Waals surface area contributed by atoms with Gasteiger partial charge in [-0.25, -0.2) is 0 Å². The number of hydrogen-bond acceptors (Lipinski definition) is 2. The SMILES string of the molecule is Cc1cc(CBr)ccc1C(=O)[O-]. The number of aryl methyl sites for hydroxylation is 1. The first-order valence-electron chi connectivity index (χ1n) is 3.52. The van der Waals surface area contributed by atoms with Gasteiger partial charge in [-0.3, -0.25) is 0 Å². The third-order valence-electron chi connectivity index (χ3n) is 1.67. The summed E-state index contributed by atoms with van der Waals surface area (Å²) in [6.07, 6.45) is 0. The number of rotatable bonds is 2. The summed E-state index contributed by atoms with van der Waals surface area (Å²) < 4.78 is 0. The lowest BCUT2D eigenvalue weighted by Crippen LogP contribution is -2.23. The van der Waals surface area contributed by atoms with E-state index >= 15 is 0 Å². The van der Waals surface area contributed by atoms with Gasteiger partial charge in [0.15, 0.2) is 0 Å². The highest BCUT2D eigenvalue weighted by molar-refractivity contribution is 9.08. The van der Waals surface area contributed by atoms with Crippen molar-refractivity contribution < 1.29 is 9.90 Å². The Balaban J connectivity index is 3.12. The van der Waals surface area contributed by atoms with Gasteiger partial charge in [-0.15, -0.1) is 0 Å². The minimum absolute atomic E-state index is 0.264. The second-order valence-corrected chi connectivity index (χ2v) is 3.13. The first-order valence-corrected chi connectivity index (χ1v) is 4.64. The number of carboxylic acids is 1. The minimum Gasteiger partial charge on any atom is -0.545 e. The molecule has 12 heavy (non-hydrogen) atoms. The molecule has 0 amide bonds. The number of aromatic carboxylic acids is 1. The normalized spacial score (nSPS) is 9.83. The Labute approximate surface area is 79.3 Å². The van der Waals surface area contributed by atoms with Crippen LogP contribution in [0.3, 0.4) is 0 Å². The van der Waals surface area contributed by atoms with Crippen molar-refractivity contribution in [3.05, 3.63) is 34.9 Å². The highest BCUT2D eigenvalue weighted by Gasteiger charge is 1.99. The first-order chi connectivity index (χ1) is 5.65. The first kappa shape index (κ1) is 9.26.